The van der Waals surface area contributed by atoms with Gasteiger partial charge in [0.25, 0.3) is 0 Å². The summed E-state index contributed by atoms with van der Waals surface area (Å²) >= 11 is 0. The van der Waals surface area contributed by atoms with Crippen LogP contribution >= 0.6 is 0 Å². The minimum Gasteiger partial charge on any atom is -0.475 e. The third-order valence-electron chi connectivity index (χ3n) is 4.67. The first-order chi connectivity index (χ1) is 15.1. The first-order valence-corrected chi connectivity index (χ1v) is 10.5. The molecule has 1 aromatic heterocycles. The molecule has 0 aliphatic carbocycles. The van der Waals surface area contributed by atoms with Gasteiger partial charge in [0.05, 0.1) is 32.6 Å². The normalized spacial score (nSPS) is 14.1. The highest BCUT2D eigenvalue weighted by atomic mass is 16.5. The van der Waals surface area contributed by atoms with Gasteiger partial charge in [0, 0.05) is 37.3 Å². The molecule has 1 N–H and O–H groups in total. The van der Waals surface area contributed by atoms with Gasteiger partial charge in [0.15, 0.2) is 5.82 Å². The number of nitrogens with zero attached hydrogens (tertiary/aromatic N) is 3. The lowest BCUT2D eigenvalue weighted by Gasteiger charge is -2.29. The van der Waals surface area contributed by atoms with Gasteiger partial charge in [-0.3, -0.25) is 10.2 Å². The van der Waals surface area contributed by atoms with Gasteiger partial charge >= 0.3 is 0 Å². The van der Waals surface area contributed by atoms with Crippen molar-refractivity contribution in [2.45, 2.75) is 20.3 Å². The molecule has 31 heavy (non-hydrogen) atoms. The molecule has 0 amide bonds. The smallest absolute Gasteiger partial charge is 0.217 e. The Balaban J connectivity index is 1.63. The Hall–Kier alpha value is -2.97. The van der Waals surface area contributed by atoms with Crippen molar-refractivity contribution in [2.24, 2.45) is 5.10 Å². The van der Waals surface area contributed by atoms with E-state index < -0.39 is 0 Å². The average molecular weight is 427 g/mol. The summed E-state index contributed by atoms with van der Waals surface area (Å²) in [6.07, 6.45) is 2.18. The van der Waals surface area contributed by atoms with Crippen molar-refractivity contribution >= 4 is 23.5 Å². The highest BCUT2D eigenvalue weighted by Crippen LogP contribution is 2.24. The molecular formula is C23H30N4O4. The van der Waals surface area contributed by atoms with E-state index in [1.165, 1.54) is 5.56 Å². The minimum atomic E-state index is 0.114. The second-order valence-electron chi connectivity index (χ2n) is 7.35. The highest BCUT2D eigenvalue weighted by molar-refractivity contribution is 5.80. The van der Waals surface area contributed by atoms with Gasteiger partial charge in [0.1, 0.15) is 12.4 Å². The molecule has 0 spiro atoms. The lowest BCUT2D eigenvalue weighted by Crippen LogP contribution is -2.36. The molecule has 8 heteroatoms. The third kappa shape index (κ3) is 7.99. The molecule has 1 aliphatic heterocycles. The molecule has 2 heterocycles. The lowest BCUT2D eigenvalue weighted by molar-refractivity contribution is -0.118. The molecule has 166 valence electrons. The molecular weight excluding hydrogens is 396 g/mol. The first-order valence-electron chi connectivity index (χ1n) is 10.5. The van der Waals surface area contributed by atoms with Gasteiger partial charge in [-0.2, -0.15) is 10.1 Å². The number of morpholine rings is 1. The number of hydrogen-bond donors (Lipinski definition) is 1. The van der Waals surface area contributed by atoms with Crippen molar-refractivity contribution < 1.29 is 19.0 Å². The number of ether oxygens (including phenoxy) is 3. The van der Waals surface area contributed by atoms with Crippen LogP contribution in [0.15, 0.2) is 41.5 Å². The maximum absolute atomic E-state index is 11.0. The van der Waals surface area contributed by atoms with Crippen LogP contribution in [0.4, 0.5) is 11.5 Å². The van der Waals surface area contributed by atoms with Gasteiger partial charge < -0.3 is 19.1 Å². The Morgan fingerprint density at radius 3 is 2.84 bits per heavy atom. The van der Waals surface area contributed by atoms with E-state index in [1.807, 2.05) is 37.3 Å². The summed E-state index contributed by atoms with van der Waals surface area (Å²) in [4.78, 5) is 17.7. The average Bonchev–Trinajstić information content (AvgIpc) is 2.76. The summed E-state index contributed by atoms with van der Waals surface area (Å²) in [7, 11) is 0. The molecule has 1 aliphatic rings. The van der Waals surface area contributed by atoms with E-state index in [0.29, 0.717) is 51.2 Å². The first kappa shape index (κ1) is 22.7. The van der Waals surface area contributed by atoms with E-state index in [4.69, 9.17) is 14.2 Å². The van der Waals surface area contributed by atoms with Gasteiger partial charge in [-0.1, -0.05) is 29.8 Å². The molecule has 1 fully saturated rings. The zero-order chi connectivity index (χ0) is 21.9. The summed E-state index contributed by atoms with van der Waals surface area (Å²) in [6.45, 7) is 7.75. The summed E-state index contributed by atoms with van der Waals surface area (Å²) in [5.41, 5.74) is 6.20. The number of rotatable bonds is 11. The Bertz CT molecular complexity index is 882. The SMILES string of the molecule is CC(=O)CCOCCOc1cc(N2CCOCC2)cc(NN=Cc2cccc(C)c2)n1. The number of benzene rings is 1. The zero-order valence-corrected chi connectivity index (χ0v) is 18.2. The Morgan fingerprint density at radius 1 is 1.23 bits per heavy atom. The van der Waals surface area contributed by atoms with Crippen LogP contribution in [-0.4, -0.2) is 63.1 Å². The van der Waals surface area contributed by atoms with Crippen molar-refractivity contribution in [3.8, 4) is 5.88 Å². The number of aryl methyl sites for hydroxylation is 1. The number of hydrogen-bond acceptors (Lipinski definition) is 8. The maximum atomic E-state index is 11.0. The molecule has 1 aromatic carbocycles. The van der Waals surface area contributed by atoms with Gasteiger partial charge in [-0.25, -0.2) is 0 Å². The predicted molar refractivity (Wildman–Crippen MR) is 121 cm³/mol. The number of ketones is 1. The summed E-state index contributed by atoms with van der Waals surface area (Å²) in [5, 5.41) is 4.32. The van der Waals surface area contributed by atoms with Crippen LogP contribution in [0.2, 0.25) is 0 Å². The molecule has 1 saturated heterocycles. The molecule has 0 radical (unpaired) electrons. The second kappa shape index (κ2) is 12.0. The number of hydrazone groups is 1. The second-order valence-corrected chi connectivity index (χ2v) is 7.35. The van der Waals surface area contributed by atoms with Crippen LogP contribution in [0.3, 0.4) is 0 Å². The van der Waals surface area contributed by atoms with Crippen LogP contribution in [0.1, 0.15) is 24.5 Å². The molecule has 0 saturated carbocycles. The van der Waals surface area contributed by atoms with Crippen molar-refractivity contribution in [3.05, 3.63) is 47.5 Å². The number of pyridine rings is 1. The largest absolute Gasteiger partial charge is 0.475 e. The minimum absolute atomic E-state index is 0.114. The van der Waals surface area contributed by atoms with E-state index in [0.717, 1.165) is 24.3 Å². The van der Waals surface area contributed by atoms with Crippen molar-refractivity contribution in [2.75, 3.05) is 56.4 Å². The van der Waals surface area contributed by atoms with Crippen molar-refractivity contribution in [1.82, 2.24) is 4.98 Å². The van der Waals surface area contributed by atoms with Gasteiger partial charge in [-0.05, 0) is 19.4 Å². The van der Waals surface area contributed by atoms with E-state index >= 15 is 0 Å². The van der Waals surface area contributed by atoms with Crippen LogP contribution in [0.25, 0.3) is 0 Å². The molecule has 0 bridgehead atoms. The highest BCUT2D eigenvalue weighted by Gasteiger charge is 2.14. The number of Topliss-reactive ketones (excluding diaryl/α,β-unsaturated/α-hetero) is 1. The lowest BCUT2D eigenvalue weighted by atomic mass is 10.2. The molecule has 3 rings (SSSR count). The van der Waals surface area contributed by atoms with E-state index in [2.05, 4.69) is 26.5 Å². The summed E-state index contributed by atoms with van der Waals surface area (Å²) < 4.78 is 16.7. The van der Waals surface area contributed by atoms with Crippen LogP contribution in [0.5, 0.6) is 5.88 Å². The fourth-order valence-electron chi connectivity index (χ4n) is 3.07. The molecule has 2 aromatic rings. The topological polar surface area (TPSA) is 85.3 Å². The maximum Gasteiger partial charge on any atom is 0.217 e. The standard InChI is InChI=1S/C23H30N4O4/c1-18-4-3-5-20(14-18)17-24-26-22-15-21(27-7-10-30-11-8-27)16-23(25-22)31-13-12-29-9-6-19(2)28/h3-5,14-17H,6-13H2,1-2H3,(H,25,26). The summed E-state index contributed by atoms with van der Waals surface area (Å²) in [5.74, 6) is 1.20. The third-order valence-corrected chi connectivity index (χ3v) is 4.67. The Kier molecular flexibility index (Phi) is 8.81. The Labute approximate surface area is 183 Å². The van der Waals surface area contributed by atoms with Crippen LogP contribution < -0.4 is 15.1 Å². The van der Waals surface area contributed by atoms with Crippen molar-refractivity contribution in [3.63, 3.8) is 0 Å². The number of aromatic nitrogens is 1. The van der Waals surface area contributed by atoms with Crippen LogP contribution in [0, 0.1) is 6.92 Å². The molecule has 0 atom stereocenters. The number of anilines is 2. The zero-order valence-electron chi connectivity index (χ0n) is 18.2. The molecule has 0 unspecified atom stereocenters. The molecule has 8 nitrogen and oxygen atoms in total. The fourth-order valence-corrected chi connectivity index (χ4v) is 3.07. The predicted octanol–water partition coefficient (Wildman–Crippen LogP) is 3.05. The fraction of sp³-hybridized carbons (Fsp3) is 0.435. The number of carbonyl (C=O) groups excluding carboxylic acids is 1. The van der Waals surface area contributed by atoms with Crippen LogP contribution in [-0.2, 0) is 14.3 Å². The van der Waals surface area contributed by atoms with Gasteiger partial charge in [-0.15, -0.1) is 0 Å². The van der Waals surface area contributed by atoms with E-state index in [9.17, 15) is 4.79 Å². The quantitative estimate of drug-likeness (QED) is 0.336. The number of carbonyl (C=O) groups is 1. The summed E-state index contributed by atoms with van der Waals surface area (Å²) in [6, 6.07) is 12.0. The monoisotopic (exact) mass is 426 g/mol. The van der Waals surface area contributed by atoms with Gasteiger partial charge in [0.2, 0.25) is 5.88 Å². The van der Waals surface area contributed by atoms with E-state index in [1.54, 1.807) is 13.1 Å². The Morgan fingerprint density at radius 2 is 2.06 bits per heavy atom. The van der Waals surface area contributed by atoms with Crippen molar-refractivity contribution in [1.29, 1.82) is 0 Å². The van der Waals surface area contributed by atoms with E-state index in [-0.39, 0.29) is 5.78 Å². The number of nitrogens with one attached hydrogen (secondary N) is 1.